The van der Waals surface area contributed by atoms with E-state index in [9.17, 15) is 14.4 Å². The minimum Gasteiger partial charge on any atom is -0.497 e. The molecule has 8 aromatic carbocycles. The Morgan fingerprint density at radius 2 is 0.450 bits per heavy atom. The Balaban J connectivity index is -0.000000441. The molecule has 0 unspecified atom stereocenters. The van der Waals surface area contributed by atoms with E-state index in [1.54, 1.807) is 28.4 Å². The van der Waals surface area contributed by atoms with Crippen molar-refractivity contribution in [1.82, 2.24) is 0 Å². The molecule has 0 aliphatic carbocycles. The Hall–Kier alpha value is -15.4. The molecule has 0 aromatic heterocycles. The minimum atomic E-state index is -0.923. The van der Waals surface area contributed by atoms with Gasteiger partial charge in [0.1, 0.15) is 23.0 Å². The fourth-order valence-electron chi connectivity index (χ4n) is 10.2. The van der Waals surface area contributed by atoms with Crippen molar-refractivity contribution in [2.75, 3.05) is 63.5 Å². The van der Waals surface area contributed by atoms with E-state index >= 15 is 0 Å². The van der Waals surface area contributed by atoms with Crippen LogP contribution in [-0.4, -0.2) is 152 Å². The van der Waals surface area contributed by atoms with Crippen LogP contribution in [0, 0.1) is 29.7 Å². The van der Waals surface area contributed by atoms with Crippen molar-refractivity contribution in [3.63, 3.8) is 0 Å². The van der Waals surface area contributed by atoms with E-state index in [4.69, 9.17) is 38.9 Å². The molecule has 16 rings (SSSR count). The third-order valence-corrected chi connectivity index (χ3v) is 14.4. The minimum absolute atomic E-state index is 0. The summed E-state index contributed by atoms with van der Waals surface area (Å²) in [6.45, 7) is 22.6. The summed E-state index contributed by atoms with van der Waals surface area (Å²) in [6, 6.07) is 72.7. The molecule has 8 aliphatic rings. The molecular formula is C85H110Fm4N8O12. The van der Waals surface area contributed by atoms with Crippen molar-refractivity contribution in [2.24, 2.45) is 20.0 Å². The molecule has 0 N–H and O–H groups in total. The molecule has 0 saturated carbocycles. The molecule has 0 bridgehead atoms. The summed E-state index contributed by atoms with van der Waals surface area (Å²) >= 11 is 0. The smallest absolute Gasteiger partial charge is 0.491 e. The molecule has 109 heavy (non-hydrogen) atoms. The third kappa shape index (κ3) is 23.3. The van der Waals surface area contributed by atoms with E-state index in [-0.39, 0.29) is 47.6 Å². The van der Waals surface area contributed by atoms with Gasteiger partial charge in [-0.3, -0.25) is 14.4 Å². The number of ether oxygens (including phenoxy) is 7. The van der Waals surface area contributed by atoms with Crippen LogP contribution in [-0.2, 0) is 38.4 Å². The van der Waals surface area contributed by atoms with Crippen LogP contribution in [0.1, 0.15) is 128 Å². The average Bonchev–Trinajstić information content (AvgIpc) is 1.47. The molecule has 0 amide bonds. The van der Waals surface area contributed by atoms with Crippen LogP contribution in [0.15, 0.2) is 238 Å². The number of hydrogen-bond acceptors (Lipinski definition) is 16. The molecule has 24 heteroatoms. The standard InChI is InChI=1S/C33H16N8.4C7H8O.3C3H6O2.C3H8O2.4C2H6.4CH3.4Fm/c1-2-10-18-17(9-1)25-34-27-19-11-3-4-12-20(19)29-36-31-23-15-7-8-16-24(23)32-37-30-22-14-6-5-13-21(22)28-35-26(18)38(25)33(39(27)29,40(28)30)41(31)32;4*1-8-7-5-3-2-4-6-7;3*1-3(4)5-2;1-3-5-4-2;4*1-2;;;;;;;;/h1-16H;4*2-6H,1H3;3*1-2H3;3H2,1-2H3;4*1-2H3;4*1H3;;;;/q+4;;;;;;;;;;;;;4*-1;;;;. The van der Waals surface area contributed by atoms with Gasteiger partial charge in [-0.05, 0) is 104 Å². The number of carbonyl (C=O) groups is 3. The van der Waals surface area contributed by atoms with Crippen molar-refractivity contribution in [2.45, 2.75) is 89.0 Å². The number of amidine groups is 8. The number of aliphatic imine (C=N–C) groups is 4. The third-order valence-electron chi connectivity index (χ3n) is 14.4. The van der Waals surface area contributed by atoms with Gasteiger partial charge < -0.3 is 62.9 Å². The number of benzene rings is 8. The maximum absolute atomic E-state index is 9.59. The molecular weight excluding hydrogens is 2350 g/mol. The number of para-hydroxylation sites is 4. The number of carbonyl (C=O) groups excluding carboxylic acids is 3. The molecule has 0 atom stereocenters. The topological polar surface area (TPSA) is 196 Å². The molecule has 8 aliphatic heterocycles. The Morgan fingerprint density at radius 1 is 0.294 bits per heavy atom. The monoisotopic (exact) mass is 2460 g/mol. The Labute approximate surface area is 625 Å². The van der Waals surface area contributed by atoms with Gasteiger partial charge in [0.05, 0.1) is 108 Å². The number of hydrogen-bond donors (Lipinski definition) is 0. The quantitative estimate of drug-likeness (QED) is 0.0382. The number of esters is 3. The van der Waals surface area contributed by atoms with Crippen LogP contribution in [0.25, 0.3) is 0 Å². The van der Waals surface area contributed by atoms with Crippen molar-refractivity contribution in [3.05, 3.63) is 293 Å². The molecule has 8 aromatic rings. The number of methoxy groups -OCH3 is 7. The first-order valence-electron chi connectivity index (χ1n) is 33.4. The van der Waals surface area contributed by atoms with Gasteiger partial charge in [0, 0.05) is 20.8 Å². The van der Waals surface area contributed by atoms with Crippen LogP contribution >= 0.6 is 0 Å². The first-order chi connectivity index (χ1) is 49.3. The predicted octanol–water partition coefficient (Wildman–Crippen LogP) is 16.3. The largest absolute Gasteiger partial charge is 0.497 e. The summed E-state index contributed by atoms with van der Waals surface area (Å²) < 4.78 is 41.3. The second-order valence-electron chi connectivity index (χ2n) is 19.9. The van der Waals surface area contributed by atoms with Gasteiger partial charge in [-0.25, -0.2) is 9.78 Å². The van der Waals surface area contributed by atoms with Crippen LogP contribution in [0.5, 0.6) is 23.0 Å². The van der Waals surface area contributed by atoms with E-state index in [0.29, 0.717) is 6.61 Å². The van der Waals surface area contributed by atoms with Crippen LogP contribution in [0.4, 0.5) is 0 Å². The number of rotatable bonds is 6. The van der Waals surface area contributed by atoms with Gasteiger partial charge in [0.25, 0.3) is 46.7 Å². The van der Waals surface area contributed by atoms with Crippen molar-refractivity contribution in [1.29, 1.82) is 0 Å². The second kappa shape index (κ2) is 52.6. The molecule has 0 radical (unpaired) electrons. The van der Waals surface area contributed by atoms with Gasteiger partial charge in [-0.1, -0.05) is 197 Å². The fraction of sp³-hybridized carbons (Fsp3) is 0.259. The van der Waals surface area contributed by atoms with Crippen molar-refractivity contribution in [3.8, 4) is 23.0 Å². The Bertz CT molecular complexity index is 3740. The van der Waals surface area contributed by atoms with Crippen molar-refractivity contribution < 1.29 is 75.6 Å². The van der Waals surface area contributed by atoms with Crippen LogP contribution in [0.3, 0.4) is 0 Å². The Kier molecular flexibility index (Phi) is 49.4. The maximum Gasteiger partial charge on any atom is 0.491 e. The zero-order valence-corrected chi connectivity index (χ0v) is 76.7. The summed E-state index contributed by atoms with van der Waals surface area (Å²) in [7, 11) is 12.2. The van der Waals surface area contributed by atoms with Gasteiger partial charge in [-0.2, -0.15) is 0 Å². The molecule has 1 spiro atoms. The van der Waals surface area contributed by atoms with Gasteiger partial charge in [0.2, 0.25) is 0 Å². The first kappa shape index (κ1) is 102. The summed E-state index contributed by atoms with van der Waals surface area (Å²) in [5.74, 6) is 9.16. The van der Waals surface area contributed by atoms with Gasteiger partial charge >= 0.3 is 23.8 Å². The van der Waals surface area contributed by atoms with Crippen LogP contribution < -0.4 is 18.9 Å². The summed E-state index contributed by atoms with van der Waals surface area (Å²) in [5, 5.41) is 0. The summed E-state index contributed by atoms with van der Waals surface area (Å²) in [4.78, 5) is 59.0. The summed E-state index contributed by atoms with van der Waals surface area (Å²) in [6.07, 6.45) is 0. The molecule has 8 heterocycles. The van der Waals surface area contributed by atoms with E-state index in [0.717, 1.165) is 114 Å². The summed E-state index contributed by atoms with van der Waals surface area (Å²) in [5.41, 5.74) is 8.67. The van der Waals surface area contributed by atoms with Gasteiger partial charge in [0.15, 0.2) is 0 Å². The van der Waals surface area contributed by atoms with Gasteiger partial charge in [-0.15, -0.1) is 18.3 Å². The van der Waals surface area contributed by atoms with E-state index in [2.05, 4.69) is 139 Å². The molecule has 20 nitrogen and oxygen atoms in total. The molecule has 610 valence electrons. The number of fused-ring (bicyclic) bond motifs is 12. The zero-order valence-electron chi connectivity index (χ0n) is 67.1. The fourth-order valence-corrected chi connectivity index (χ4v) is 10.2. The average molecular weight is 2460 g/mol. The molecule has 0 fully saturated rings. The SMILES string of the molecule is CC.CC.CC.CC.CCOOC.COC(C)=O.COC(C)=O.COC(C)=O.COc1ccccc1.COc1ccccc1.COc1ccccc1.COc1ccccc1.[CH3-].[CH3-].[CH3-].[CH3-].[Fm].[Fm].[Fm].[Fm].c1ccc2c(c1)C1=NC3=[N+]4C(=NC5=[N+]6C(=NC7=[N+]8C(=NC2=[N+]1C846)c1ccccc17)c1ccccc15)c1ccccc13. The second-order valence-corrected chi connectivity index (χ2v) is 19.9. The van der Waals surface area contributed by atoms with E-state index < -0.39 is 5.91 Å². The normalized spacial score (nSPS) is 12.0. The van der Waals surface area contributed by atoms with Crippen molar-refractivity contribution >= 4 is 64.6 Å². The zero-order chi connectivity index (χ0) is 74.4. The predicted molar refractivity (Wildman–Crippen MR) is 427 cm³/mol. The Morgan fingerprint density at radius 3 is 0.569 bits per heavy atom. The van der Waals surface area contributed by atoms with E-state index in [1.807, 2.05) is 184 Å². The number of nitrogens with zero attached hydrogens (tertiary/aromatic N) is 8. The van der Waals surface area contributed by atoms with E-state index in [1.165, 1.54) is 49.2 Å². The first-order valence-corrected chi connectivity index (χ1v) is 33.4. The molecule has 0 saturated heterocycles. The maximum atomic E-state index is 9.59. The van der Waals surface area contributed by atoms with Crippen LogP contribution in [0.2, 0.25) is 0 Å².